The maximum Gasteiger partial charge on any atom is 0.123 e. The maximum atomic E-state index is 13.1. The second-order valence-electron chi connectivity index (χ2n) is 6.62. The van der Waals surface area contributed by atoms with E-state index in [1.165, 1.54) is 38.2 Å². The lowest BCUT2D eigenvalue weighted by Gasteiger charge is -2.27. The second-order valence-corrected chi connectivity index (χ2v) is 6.62. The van der Waals surface area contributed by atoms with Crippen LogP contribution < -0.4 is 5.32 Å². The molecule has 0 aliphatic heterocycles. The highest BCUT2D eigenvalue weighted by atomic mass is 19.1. The first-order valence-corrected chi connectivity index (χ1v) is 8.11. The van der Waals surface area contributed by atoms with Gasteiger partial charge in [-0.1, -0.05) is 38.3 Å². The van der Waals surface area contributed by atoms with E-state index in [2.05, 4.69) is 19.2 Å². The minimum atomic E-state index is -0.133. The molecule has 0 aromatic heterocycles. The van der Waals surface area contributed by atoms with Crippen LogP contribution in [0.15, 0.2) is 24.3 Å². The Kier molecular flexibility index (Phi) is 6.03. The monoisotopic (exact) mass is 277 g/mol. The summed E-state index contributed by atoms with van der Waals surface area (Å²) in [6.07, 6.45) is 7.82. The summed E-state index contributed by atoms with van der Waals surface area (Å²) in [6, 6.07) is 7.36. The number of rotatable bonds is 6. The number of hydrogen-bond acceptors (Lipinski definition) is 1. The minimum Gasteiger partial charge on any atom is -0.314 e. The lowest BCUT2D eigenvalue weighted by atomic mass is 9.81. The average Bonchev–Trinajstić information content (AvgIpc) is 2.38. The Labute approximate surface area is 123 Å². The third-order valence-electron chi connectivity index (χ3n) is 4.52. The Hall–Kier alpha value is -0.890. The van der Waals surface area contributed by atoms with Gasteiger partial charge in [-0.15, -0.1) is 0 Å². The van der Waals surface area contributed by atoms with Crippen molar-refractivity contribution in [2.24, 2.45) is 11.8 Å². The van der Waals surface area contributed by atoms with Crippen molar-refractivity contribution in [3.63, 3.8) is 0 Å². The van der Waals surface area contributed by atoms with Gasteiger partial charge in [0.05, 0.1) is 0 Å². The SMILES string of the molecule is CC1CCCC(CCNC(C)Cc2cccc(F)c2)C1. The molecule has 0 saturated heterocycles. The molecule has 0 radical (unpaired) electrons. The van der Waals surface area contributed by atoms with E-state index in [9.17, 15) is 4.39 Å². The molecule has 0 spiro atoms. The Bertz CT molecular complexity index is 404. The summed E-state index contributed by atoms with van der Waals surface area (Å²) >= 11 is 0. The molecule has 1 aromatic rings. The second kappa shape index (κ2) is 7.78. The van der Waals surface area contributed by atoms with Crippen molar-refractivity contribution in [2.45, 2.75) is 58.4 Å². The van der Waals surface area contributed by atoms with Crippen LogP contribution in [0.25, 0.3) is 0 Å². The molecule has 1 nitrogen and oxygen atoms in total. The lowest BCUT2D eigenvalue weighted by Crippen LogP contribution is -2.30. The van der Waals surface area contributed by atoms with Crippen LogP contribution >= 0.6 is 0 Å². The Morgan fingerprint density at radius 3 is 2.95 bits per heavy atom. The quantitative estimate of drug-likeness (QED) is 0.803. The minimum absolute atomic E-state index is 0.133. The smallest absolute Gasteiger partial charge is 0.123 e. The number of nitrogens with one attached hydrogen (secondary N) is 1. The first-order chi connectivity index (χ1) is 9.63. The largest absolute Gasteiger partial charge is 0.314 e. The zero-order chi connectivity index (χ0) is 14.4. The van der Waals surface area contributed by atoms with Gasteiger partial charge in [-0.2, -0.15) is 0 Å². The highest BCUT2D eigenvalue weighted by molar-refractivity contribution is 5.17. The third kappa shape index (κ3) is 5.24. The summed E-state index contributed by atoms with van der Waals surface area (Å²) in [5.74, 6) is 1.69. The number of hydrogen-bond donors (Lipinski definition) is 1. The summed E-state index contributed by atoms with van der Waals surface area (Å²) < 4.78 is 13.1. The molecule has 1 aromatic carbocycles. The fourth-order valence-electron chi connectivity index (χ4n) is 3.45. The average molecular weight is 277 g/mol. The van der Waals surface area contributed by atoms with Crippen molar-refractivity contribution in [1.29, 1.82) is 0 Å². The van der Waals surface area contributed by atoms with E-state index >= 15 is 0 Å². The topological polar surface area (TPSA) is 12.0 Å². The molecule has 1 aliphatic rings. The third-order valence-corrected chi connectivity index (χ3v) is 4.52. The molecule has 3 atom stereocenters. The van der Waals surface area contributed by atoms with Crippen LogP contribution in [-0.2, 0) is 6.42 Å². The molecule has 2 rings (SSSR count). The van der Waals surface area contributed by atoms with Crippen LogP contribution in [0.4, 0.5) is 4.39 Å². The fraction of sp³-hybridized carbons (Fsp3) is 0.667. The van der Waals surface area contributed by atoms with Crippen molar-refractivity contribution in [2.75, 3.05) is 6.54 Å². The van der Waals surface area contributed by atoms with Crippen LogP contribution in [0.5, 0.6) is 0 Å². The van der Waals surface area contributed by atoms with Gasteiger partial charge in [-0.3, -0.25) is 0 Å². The number of benzene rings is 1. The number of halogens is 1. The molecule has 0 amide bonds. The van der Waals surface area contributed by atoms with E-state index in [-0.39, 0.29) is 5.82 Å². The summed E-state index contributed by atoms with van der Waals surface area (Å²) in [5.41, 5.74) is 1.08. The van der Waals surface area contributed by atoms with Gasteiger partial charge in [0, 0.05) is 6.04 Å². The van der Waals surface area contributed by atoms with E-state index in [4.69, 9.17) is 0 Å². The predicted octanol–water partition coefficient (Wildman–Crippen LogP) is 4.56. The molecule has 1 fully saturated rings. The highest BCUT2D eigenvalue weighted by Gasteiger charge is 2.18. The van der Waals surface area contributed by atoms with Crippen LogP contribution in [0.3, 0.4) is 0 Å². The molecular weight excluding hydrogens is 249 g/mol. The Morgan fingerprint density at radius 2 is 2.20 bits per heavy atom. The molecule has 0 heterocycles. The fourth-order valence-corrected chi connectivity index (χ4v) is 3.45. The van der Waals surface area contributed by atoms with Gasteiger partial charge in [0.25, 0.3) is 0 Å². The van der Waals surface area contributed by atoms with Crippen LogP contribution in [0.1, 0.15) is 51.5 Å². The van der Waals surface area contributed by atoms with Crippen LogP contribution in [0.2, 0.25) is 0 Å². The van der Waals surface area contributed by atoms with Gasteiger partial charge in [-0.25, -0.2) is 4.39 Å². The summed E-state index contributed by atoms with van der Waals surface area (Å²) in [7, 11) is 0. The zero-order valence-corrected chi connectivity index (χ0v) is 12.9. The predicted molar refractivity (Wildman–Crippen MR) is 83.3 cm³/mol. The molecule has 3 unspecified atom stereocenters. The van der Waals surface area contributed by atoms with Gasteiger partial charge in [0.15, 0.2) is 0 Å². The van der Waals surface area contributed by atoms with Crippen molar-refractivity contribution in [1.82, 2.24) is 5.32 Å². The molecule has 112 valence electrons. The van der Waals surface area contributed by atoms with E-state index in [1.54, 1.807) is 12.1 Å². The van der Waals surface area contributed by atoms with E-state index in [1.807, 2.05) is 6.07 Å². The Balaban J connectivity index is 1.66. The highest BCUT2D eigenvalue weighted by Crippen LogP contribution is 2.30. The van der Waals surface area contributed by atoms with Gasteiger partial charge in [0.2, 0.25) is 0 Å². The zero-order valence-electron chi connectivity index (χ0n) is 12.9. The van der Waals surface area contributed by atoms with Crippen molar-refractivity contribution >= 4 is 0 Å². The van der Waals surface area contributed by atoms with Crippen LogP contribution in [-0.4, -0.2) is 12.6 Å². The van der Waals surface area contributed by atoms with Crippen molar-refractivity contribution in [3.8, 4) is 0 Å². The summed E-state index contributed by atoms with van der Waals surface area (Å²) in [6.45, 7) is 5.66. The van der Waals surface area contributed by atoms with E-state index in [0.717, 1.165) is 30.4 Å². The standard InChI is InChI=1S/C18H28FN/c1-14-5-3-6-16(11-14)9-10-20-15(2)12-17-7-4-8-18(19)13-17/h4,7-8,13-16,20H,3,5-6,9-12H2,1-2H3. The maximum absolute atomic E-state index is 13.1. The van der Waals surface area contributed by atoms with Crippen molar-refractivity contribution in [3.05, 3.63) is 35.6 Å². The lowest BCUT2D eigenvalue weighted by molar-refractivity contribution is 0.265. The van der Waals surface area contributed by atoms with Gasteiger partial charge < -0.3 is 5.32 Å². The molecule has 2 heteroatoms. The summed E-state index contributed by atoms with van der Waals surface area (Å²) in [4.78, 5) is 0. The molecule has 1 N–H and O–H groups in total. The van der Waals surface area contributed by atoms with Gasteiger partial charge in [0.1, 0.15) is 5.82 Å². The molecule has 20 heavy (non-hydrogen) atoms. The summed E-state index contributed by atoms with van der Waals surface area (Å²) in [5, 5.41) is 3.59. The Morgan fingerprint density at radius 1 is 1.35 bits per heavy atom. The molecule has 0 bridgehead atoms. The van der Waals surface area contributed by atoms with Gasteiger partial charge in [-0.05, 0) is 62.3 Å². The molecule has 1 aliphatic carbocycles. The molecular formula is C18H28FN. The van der Waals surface area contributed by atoms with Gasteiger partial charge >= 0.3 is 0 Å². The van der Waals surface area contributed by atoms with Crippen LogP contribution in [0, 0.1) is 17.7 Å². The van der Waals surface area contributed by atoms with E-state index < -0.39 is 0 Å². The first-order valence-electron chi connectivity index (χ1n) is 8.11. The van der Waals surface area contributed by atoms with E-state index in [0.29, 0.717) is 6.04 Å². The first kappa shape index (κ1) is 15.5. The normalized spacial score (nSPS) is 24.6. The van der Waals surface area contributed by atoms with Crippen molar-refractivity contribution < 1.29 is 4.39 Å². The molecule has 1 saturated carbocycles.